The van der Waals surface area contributed by atoms with Gasteiger partial charge in [-0.05, 0) is 35.9 Å². The highest BCUT2D eigenvalue weighted by Gasteiger charge is 2.24. The van der Waals surface area contributed by atoms with Crippen LogP contribution in [-0.2, 0) is 4.74 Å². The third kappa shape index (κ3) is 5.03. The van der Waals surface area contributed by atoms with Crippen LogP contribution in [0.25, 0.3) is 21.0 Å². The van der Waals surface area contributed by atoms with Gasteiger partial charge in [0.1, 0.15) is 11.3 Å². The molecular weight excluding hydrogens is 470 g/mol. The summed E-state index contributed by atoms with van der Waals surface area (Å²) in [7, 11) is 0. The number of anilines is 1. The summed E-state index contributed by atoms with van der Waals surface area (Å²) in [4.78, 5) is 23.0. The van der Waals surface area contributed by atoms with Crippen LogP contribution in [-0.4, -0.2) is 61.8 Å². The van der Waals surface area contributed by atoms with Gasteiger partial charge in [0.2, 0.25) is 0 Å². The Kier molecular flexibility index (Phi) is 8.00. The Bertz CT molecular complexity index is 1270. The maximum absolute atomic E-state index is 13.9. The molecule has 0 atom stereocenters. The van der Waals surface area contributed by atoms with Crippen molar-refractivity contribution in [3.8, 4) is 5.75 Å². The zero-order valence-electron chi connectivity index (χ0n) is 19.1. The van der Waals surface area contributed by atoms with Gasteiger partial charge in [-0.25, -0.2) is 4.98 Å². The Morgan fingerprint density at radius 2 is 1.85 bits per heavy atom. The highest BCUT2D eigenvalue weighted by molar-refractivity contribution is 7.22. The lowest BCUT2D eigenvalue weighted by Crippen LogP contribution is -2.43. The lowest BCUT2D eigenvalue weighted by Gasteiger charge is -2.29. The van der Waals surface area contributed by atoms with E-state index in [2.05, 4.69) is 4.90 Å². The van der Waals surface area contributed by atoms with E-state index in [1.807, 2.05) is 72.5 Å². The van der Waals surface area contributed by atoms with E-state index in [0.717, 1.165) is 59.6 Å². The summed E-state index contributed by atoms with van der Waals surface area (Å²) in [5, 5.41) is 2.71. The first-order valence-electron chi connectivity index (χ1n) is 11.4. The largest absolute Gasteiger partial charge is 0.492 e. The molecular formula is C26H28ClN3O3S. The number of benzene rings is 3. The van der Waals surface area contributed by atoms with E-state index in [0.29, 0.717) is 23.8 Å². The molecule has 34 heavy (non-hydrogen) atoms. The SMILES string of the molecule is CCOc1cccc2sc(N(CCN3CCOCC3)C(=O)c3cccc4ccccc34)nc12.Cl. The van der Waals surface area contributed by atoms with E-state index in [1.54, 1.807) is 0 Å². The predicted molar refractivity (Wildman–Crippen MR) is 141 cm³/mol. The lowest BCUT2D eigenvalue weighted by atomic mass is 10.0. The van der Waals surface area contributed by atoms with Crippen molar-refractivity contribution in [2.24, 2.45) is 0 Å². The molecule has 0 N–H and O–H groups in total. The minimum atomic E-state index is -0.0305. The van der Waals surface area contributed by atoms with Crippen LogP contribution in [0, 0.1) is 0 Å². The number of amides is 1. The second-order valence-corrected chi connectivity index (χ2v) is 8.98. The van der Waals surface area contributed by atoms with Gasteiger partial charge in [0.15, 0.2) is 5.13 Å². The molecule has 0 bridgehead atoms. The number of morpholine rings is 1. The van der Waals surface area contributed by atoms with Crippen molar-refractivity contribution in [1.82, 2.24) is 9.88 Å². The van der Waals surface area contributed by atoms with Crippen molar-refractivity contribution in [3.63, 3.8) is 0 Å². The van der Waals surface area contributed by atoms with Gasteiger partial charge >= 0.3 is 0 Å². The summed E-state index contributed by atoms with van der Waals surface area (Å²) in [6.45, 7) is 7.09. The second kappa shape index (κ2) is 11.1. The topological polar surface area (TPSA) is 54.9 Å². The van der Waals surface area contributed by atoms with Crippen LogP contribution in [0.5, 0.6) is 5.75 Å². The van der Waals surface area contributed by atoms with Crippen LogP contribution in [0.2, 0.25) is 0 Å². The van der Waals surface area contributed by atoms with E-state index < -0.39 is 0 Å². The molecule has 0 saturated carbocycles. The summed E-state index contributed by atoms with van der Waals surface area (Å²) >= 11 is 1.53. The number of carbonyl (C=O) groups excluding carboxylic acids is 1. The van der Waals surface area contributed by atoms with Gasteiger partial charge in [-0.1, -0.05) is 53.8 Å². The number of rotatable bonds is 7. The molecule has 1 saturated heterocycles. The second-order valence-electron chi connectivity index (χ2n) is 7.97. The molecule has 1 aliphatic rings. The molecule has 0 spiro atoms. The van der Waals surface area contributed by atoms with Crippen LogP contribution in [0.15, 0.2) is 60.7 Å². The maximum Gasteiger partial charge on any atom is 0.260 e. The number of carbonyl (C=O) groups is 1. The summed E-state index contributed by atoms with van der Waals surface area (Å²) < 4.78 is 12.3. The summed E-state index contributed by atoms with van der Waals surface area (Å²) in [6.07, 6.45) is 0. The van der Waals surface area contributed by atoms with Crippen molar-refractivity contribution in [2.45, 2.75) is 6.92 Å². The fraction of sp³-hybridized carbons (Fsp3) is 0.308. The number of halogens is 1. The molecule has 1 aromatic heterocycles. The number of nitrogens with zero attached hydrogens (tertiary/aromatic N) is 3. The number of thiazole rings is 1. The molecule has 6 nitrogen and oxygen atoms in total. The molecule has 3 aromatic carbocycles. The number of ether oxygens (including phenoxy) is 2. The zero-order chi connectivity index (χ0) is 22.6. The predicted octanol–water partition coefficient (Wildman–Crippen LogP) is 5.25. The van der Waals surface area contributed by atoms with E-state index >= 15 is 0 Å². The van der Waals surface area contributed by atoms with Crippen molar-refractivity contribution in [1.29, 1.82) is 0 Å². The Morgan fingerprint density at radius 1 is 1.09 bits per heavy atom. The summed E-state index contributed by atoms with van der Waals surface area (Å²) in [6, 6.07) is 19.8. The van der Waals surface area contributed by atoms with Crippen LogP contribution in [0.3, 0.4) is 0 Å². The fourth-order valence-corrected chi connectivity index (χ4v) is 5.21. The molecule has 0 radical (unpaired) electrons. The number of hydrogen-bond donors (Lipinski definition) is 0. The molecule has 0 aliphatic carbocycles. The van der Waals surface area contributed by atoms with E-state index in [1.165, 1.54) is 11.3 Å². The van der Waals surface area contributed by atoms with Crippen LogP contribution < -0.4 is 9.64 Å². The van der Waals surface area contributed by atoms with Gasteiger partial charge in [-0.2, -0.15) is 0 Å². The smallest absolute Gasteiger partial charge is 0.260 e. The Morgan fingerprint density at radius 3 is 2.68 bits per heavy atom. The lowest BCUT2D eigenvalue weighted by molar-refractivity contribution is 0.0391. The minimum absolute atomic E-state index is 0. The maximum atomic E-state index is 13.9. The van der Waals surface area contributed by atoms with Gasteiger partial charge in [0, 0.05) is 31.7 Å². The zero-order valence-corrected chi connectivity index (χ0v) is 20.7. The highest BCUT2D eigenvalue weighted by atomic mass is 35.5. The Balaban J connectivity index is 0.00000274. The van der Waals surface area contributed by atoms with E-state index in [4.69, 9.17) is 14.5 Å². The van der Waals surface area contributed by atoms with Crippen molar-refractivity contribution in [2.75, 3.05) is 50.9 Å². The van der Waals surface area contributed by atoms with Gasteiger partial charge in [0.05, 0.1) is 24.5 Å². The normalized spacial score (nSPS) is 14.1. The van der Waals surface area contributed by atoms with E-state index in [9.17, 15) is 4.79 Å². The molecule has 0 unspecified atom stereocenters. The summed E-state index contributed by atoms with van der Waals surface area (Å²) in [5.41, 5.74) is 1.50. The van der Waals surface area contributed by atoms with Gasteiger partial charge in [-0.15, -0.1) is 12.4 Å². The van der Waals surface area contributed by atoms with Gasteiger partial charge < -0.3 is 9.47 Å². The molecule has 178 valence electrons. The fourth-order valence-electron chi connectivity index (χ4n) is 4.21. The minimum Gasteiger partial charge on any atom is -0.492 e. The Labute approximate surface area is 209 Å². The quantitative estimate of drug-likeness (QED) is 0.349. The van der Waals surface area contributed by atoms with Crippen molar-refractivity contribution >= 4 is 55.8 Å². The average Bonchev–Trinajstić information content (AvgIpc) is 3.29. The molecule has 1 aliphatic heterocycles. The first kappa shape index (κ1) is 24.4. The molecule has 8 heteroatoms. The molecule has 1 fully saturated rings. The monoisotopic (exact) mass is 497 g/mol. The van der Waals surface area contributed by atoms with Crippen LogP contribution >= 0.6 is 23.7 Å². The molecule has 4 aromatic rings. The molecule has 1 amide bonds. The first-order valence-corrected chi connectivity index (χ1v) is 12.2. The van der Waals surface area contributed by atoms with Crippen LogP contribution in [0.1, 0.15) is 17.3 Å². The van der Waals surface area contributed by atoms with Crippen LogP contribution in [0.4, 0.5) is 5.13 Å². The van der Waals surface area contributed by atoms with Crippen molar-refractivity contribution in [3.05, 3.63) is 66.2 Å². The summed E-state index contributed by atoms with van der Waals surface area (Å²) in [5.74, 6) is 0.723. The third-order valence-corrected chi connectivity index (χ3v) is 6.95. The number of aromatic nitrogens is 1. The van der Waals surface area contributed by atoms with Crippen molar-refractivity contribution < 1.29 is 14.3 Å². The highest BCUT2D eigenvalue weighted by Crippen LogP contribution is 2.35. The third-order valence-electron chi connectivity index (χ3n) is 5.91. The molecule has 2 heterocycles. The van der Waals surface area contributed by atoms with Gasteiger partial charge in [-0.3, -0.25) is 14.6 Å². The number of hydrogen-bond acceptors (Lipinski definition) is 6. The number of fused-ring (bicyclic) bond motifs is 2. The van der Waals surface area contributed by atoms with Gasteiger partial charge in [0.25, 0.3) is 5.91 Å². The van der Waals surface area contributed by atoms with E-state index in [-0.39, 0.29) is 18.3 Å². The Hall–Kier alpha value is -2.71. The number of para-hydroxylation sites is 1. The standard InChI is InChI=1S/C26H27N3O3S.ClH/c1-2-32-22-11-6-12-23-24(22)27-26(33-23)29(14-13-28-15-17-31-18-16-28)25(30)21-10-5-8-19-7-3-4-9-20(19)21;/h3-12H,2,13-18H2,1H3;1H. The molecule has 5 rings (SSSR count). The average molecular weight is 498 g/mol. The first-order chi connectivity index (χ1) is 16.2.